The number of aliphatic hydroxyl groups is 4. The van der Waals surface area contributed by atoms with Gasteiger partial charge >= 0.3 is 18.2 Å². The zero-order valence-electron chi connectivity index (χ0n) is 10.4. The van der Waals surface area contributed by atoms with Gasteiger partial charge in [0.2, 0.25) is 5.72 Å². The van der Waals surface area contributed by atoms with Crippen molar-refractivity contribution in [1.29, 1.82) is 0 Å². The molecule has 9 N–H and O–H groups in total. The van der Waals surface area contributed by atoms with E-state index < -0.39 is 54.8 Å². The lowest BCUT2D eigenvalue weighted by Crippen LogP contribution is -2.63. The Balaban J connectivity index is 5.20. The molecular formula is C6H14NO13PS. The zero-order valence-corrected chi connectivity index (χ0v) is 12.1. The van der Waals surface area contributed by atoms with E-state index in [4.69, 9.17) is 25.2 Å². The van der Waals surface area contributed by atoms with Crippen LogP contribution in [0.3, 0.4) is 0 Å². The fourth-order valence-electron chi connectivity index (χ4n) is 1.15. The number of nitrogens with two attached hydrogens (primary N) is 1. The van der Waals surface area contributed by atoms with E-state index in [2.05, 4.69) is 8.71 Å². The van der Waals surface area contributed by atoms with Crippen LogP contribution in [0.5, 0.6) is 0 Å². The summed E-state index contributed by atoms with van der Waals surface area (Å²) in [7, 11) is -10.7. The second-order valence-corrected chi connectivity index (χ2v) is 6.11. The van der Waals surface area contributed by atoms with Gasteiger partial charge in [-0.25, -0.2) is 8.75 Å². The number of carbonyl (C=O) groups excluding carboxylic acids is 1. The van der Waals surface area contributed by atoms with Gasteiger partial charge in [-0.05, 0) is 0 Å². The number of rotatable bonds is 9. The monoisotopic (exact) mass is 371 g/mol. The maximum Gasteiger partial charge on any atom is 0.472 e. The summed E-state index contributed by atoms with van der Waals surface area (Å²) >= 11 is 0. The van der Waals surface area contributed by atoms with Gasteiger partial charge in [-0.2, -0.15) is 8.42 Å². The van der Waals surface area contributed by atoms with Crippen LogP contribution in [0.1, 0.15) is 0 Å². The maximum absolute atomic E-state index is 10.7. The van der Waals surface area contributed by atoms with E-state index in [1.54, 1.807) is 0 Å². The molecule has 0 saturated heterocycles. The molecule has 0 heterocycles. The van der Waals surface area contributed by atoms with Crippen molar-refractivity contribution in [2.24, 2.45) is 5.73 Å². The lowest BCUT2D eigenvalue weighted by molar-refractivity contribution is -0.194. The molecular weight excluding hydrogens is 357 g/mol. The van der Waals surface area contributed by atoms with Crippen molar-refractivity contribution in [3.63, 3.8) is 0 Å². The highest BCUT2D eigenvalue weighted by molar-refractivity contribution is 7.81. The summed E-state index contributed by atoms with van der Waals surface area (Å²) in [5, 5.41) is 37.3. The molecule has 0 aliphatic heterocycles. The van der Waals surface area contributed by atoms with Crippen LogP contribution in [-0.2, 0) is 28.5 Å². The van der Waals surface area contributed by atoms with Gasteiger partial charge in [0.25, 0.3) is 0 Å². The third-order valence-corrected chi connectivity index (χ3v) is 3.10. The number of phosphoric ester groups is 1. The Labute approximate surface area is 122 Å². The normalized spacial score (nSPS) is 21.5. The lowest BCUT2D eigenvalue weighted by atomic mass is 9.99. The highest BCUT2D eigenvalue weighted by atomic mass is 32.3. The third-order valence-electron chi connectivity index (χ3n) is 2.11. The highest BCUT2D eigenvalue weighted by Crippen LogP contribution is 2.38. The second-order valence-electron chi connectivity index (χ2n) is 3.90. The average molecular weight is 371 g/mol. The van der Waals surface area contributed by atoms with Gasteiger partial charge < -0.3 is 30.2 Å². The Bertz CT molecular complexity index is 531. The smallest absolute Gasteiger partial charge is 0.387 e. The zero-order chi connectivity index (χ0) is 17.9. The molecule has 0 aliphatic rings. The van der Waals surface area contributed by atoms with Crippen LogP contribution < -0.4 is 5.73 Å². The van der Waals surface area contributed by atoms with E-state index in [0.717, 1.165) is 0 Å². The number of carbonyl (C=O) groups is 1. The summed E-state index contributed by atoms with van der Waals surface area (Å²) in [4.78, 5) is 27.4. The quantitative estimate of drug-likeness (QED) is 0.0818. The number of hydrogen-bond acceptors (Lipinski definition) is 11. The predicted octanol–water partition coefficient (Wildman–Crippen LogP) is -4.83. The van der Waals surface area contributed by atoms with Crippen molar-refractivity contribution in [3.05, 3.63) is 0 Å². The van der Waals surface area contributed by atoms with Gasteiger partial charge in [0.15, 0.2) is 12.6 Å². The molecule has 0 aromatic carbocycles. The van der Waals surface area contributed by atoms with Gasteiger partial charge in [-0.1, -0.05) is 0 Å². The van der Waals surface area contributed by atoms with Gasteiger partial charge in [0, 0.05) is 0 Å². The maximum atomic E-state index is 10.7. The number of hydrogen-bond donors (Lipinski definition) is 8. The van der Waals surface area contributed by atoms with E-state index >= 15 is 0 Å². The van der Waals surface area contributed by atoms with E-state index in [-0.39, 0.29) is 0 Å². The molecule has 0 saturated carbocycles. The molecule has 0 fully saturated rings. The molecule has 0 aliphatic carbocycles. The van der Waals surface area contributed by atoms with E-state index in [0.29, 0.717) is 0 Å². The summed E-state index contributed by atoms with van der Waals surface area (Å²) in [6.45, 7) is 0. The standard InChI is InChI=1S/C6H14NO13PS/c7-6(1-8,20-22(16,17)18)4(11)2(9)3(10)5(12)19-21(13,14)15/h1-5,9-12H,7H2,(H2,13,14,15)(H,16,17,18)/t2-,3+,4+,5?,6-/m1/s1. The summed E-state index contributed by atoms with van der Waals surface area (Å²) in [5.41, 5.74) is 1.68. The molecule has 0 bridgehead atoms. The largest absolute Gasteiger partial charge is 0.472 e. The Morgan fingerprint density at radius 3 is 1.91 bits per heavy atom. The molecule has 14 nitrogen and oxygen atoms in total. The first-order valence-corrected chi connectivity index (χ1v) is 7.92. The minimum atomic E-state index is -5.37. The van der Waals surface area contributed by atoms with Crippen LogP contribution in [-0.4, -0.2) is 79.8 Å². The molecule has 1 unspecified atom stereocenters. The first-order chi connectivity index (χ1) is 9.63. The van der Waals surface area contributed by atoms with Crippen LogP contribution in [0.2, 0.25) is 0 Å². The van der Waals surface area contributed by atoms with Crippen molar-refractivity contribution in [3.8, 4) is 0 Å². The van der Waals surface area contributed by atoms with Crippen molar-refractivity contribution in [2.75, 3.05) is 0 Å². The van der Waals surface area contributed by atoms with Crippen molar-refractivity contribution in [2.45, 2.75) is 30.3 Å². The molecule has 0 aromatic rings. The average Bonchev–Trinajstić information content (AvgIpc) is 2.31. The molecule has 0 amide bonds. The van der Waals surface area contributed by atoms with Gasteiger partial charge in [-0.15, -0.1) is 0 Å². The Kier molecular flexibility index (Phi) is 7.16. The molecule has 5 atom stereocenters. The highest BCUT2D eigenvalue weighted by Gasteiger charge is 2.47. The van der Waals surface area contributed by atoms with Crippen LogP contribution in [0, 0.1) is 0 Å². The summed E-state index contributed by atoms with van der Waals surface area (Å²) < 4.78 is 47.0. The summed E-state index contributed by atoms with van der Waals surface area (Å²) in [6, 6.07) is 0. The topological polar surface area (TPSA) is 254 Å². The first-order valence-electron chi connectivity index (χ1n) is 5.02. The van der Waals surface area contributed by atoms with Crippen molar-refractivity contribution >= 4 is 24.5 Å². The van der Waals surface area contributed by atoms with Crippen LogP contribution in [0.15, 0.2) is 0 Å². The van der Waals surface area contributed by atoms with Gasteiger partial charge in [0.1, 0.15) is 18.3 Å². The molecule has 16 heteroatoms. The Hall–Kier alpha value is -0.550. The lowest BCUT2D eigenvalue weighted by Gasteiger charge is -2.33. The molecule has 0 spiro atoms. The fraction of sp³-hybridized carbons (Fsp3) is 0.833. The van der Waals surface area contributed by atoms with Crippen molar-refractivity contribution in [1.82, 2.24) is 0 Å². The summed E-state index contributed by atoms with van der Waals surface area (Å²) in [5.74, 6) is 0. The number of aldehydes is 1. The third kappa shape index (κ3) is 6.69. The van der Waals surface area contributed by atoms with Crippen LogP contribution in [0.25, 0.3) is 0 Å². The number of phosphoric acid groups is 1. The minimum Gasteiger partial charge on any atom is -0.387 e. The molecule has 0 rings (SSSR count). The Morgan fingerprint density at radius 2 is 1.59 bits per heavy atom. The van der Waals surface area contributed by atoms with E-state index in [9.17, 15) is 33.1 Å². The minimum absolute atomic E-state index is 0.558. The molecule has 0 radical (unpaired) electrons. The Morgan fingerprint density at radius 1 is 1.14 bits per heavy atom. The van der Waals surface area contributed by atoms with Crippen molar-refractivity contribution < 1.29 is 61.2 Å². The SMILES string of the molecule is N[C@](C=O)(OS(=O)(=O)O)[C@@H](O)[C@H](O)[C@H](O)C(O)OP(=O)(O)O. The van der Waals surface area contributed by atoms with Gasteiger partial charge in [-0.3, -0.25) is 19.6 Å². The van der Waals surface area contributed by atoms with Crippen LogP contribution in [0.4, 0.5) is 0 Å². The first kappa shape index (κ1) is 21.4. The predicted molar refractivity (Wildman–Crippen MR) is 62.8 cm³/mol. The molecule has 22 heavy (non-hydrogen) atoms. The number of aliphatic hydroxyl groups excluding tert-OH is 4. The molecule has 132 valence electrons. The van der Waals surface area contributed by atoms with E-state index in [1.165, 1.54) is 0 Å². The fourth-order valence-corrected chi connectivity index (χ4v) is 2.06. The van der Waals surface area contributed by atoms with Gasteiger partial charge in [0.05, 0.1) is 0 Å². The molecule has 0 aromatic heterocycles. The summed E-state index contributed by atoms with van der Waals surface area (Å²) in [6.07, 6.45) is -11.4. The van der Waals surface area contributed by atoms with E-state index in [1.807, 2.05) is 0 Å². The second kappa shape index (κ2) is 7.35. The van der Waals surface area contributed by atoms with Crippen LogP contribution >= 0.6 is 7.82 Å².